The molecule has 0 amide bonds. The molecule has 26 heavy (non-hydrogen) atoms. The number of rotatable bonds is 5. The third kappa shape index (κ3) is 4.98. The molecule has 0 heterocycles. The number of ether oxygens (including phenoxy) is 1. The predicted molar refractivity (Wildman–Crippen MR) is 92.2 cm³/mol. The minimum Gasteiger partial charge on any atom is -0.462 e. The lowest BCUT2D eigenvalue weighted by Gasteiger charge is -2.33. The Morgan fingerprint density at radius 3 is 2.54 bits per heavy atom. The molecule has 2 unspecified atom stereocenters. The highest BCUT2D eigenvalue weighted by Crippen LogP contribution is 2.38. The van der Waals surface area contributed by atoms with Gasteiger partial charge in [-0.3, -0.25) is 0 Å². The van der Waals surface area contributed by atoms with Gasteiger partial charge in [-0.1, -0.05) is 12.8 Å². The number of halogens is 4. The van der Waals surface area contributed by atoms with Crippen molar-refractivity contribution in [2.75, 3.05) is 6.61 Å². The van der Waals surface area contributed by atoms with E-state index in [1.807, 2.05) is 0 Å². The summed E-state index contributed by atoms with van der Waals surface area (Å²) in [7, 11) is -4.19. The normalized spacial score (nSPS) is 21.4. The van der Waals surface area contributed by atoms with Gasteiger partial charge in [0.2, 0.25) is 10.0 Å². The van der Waals surface area contributed by atoms with E-state index < -0.39 is 34.1 Å². The van der Waals surface area contributed by atoms with Crippen molar-refractivity contribution >= 4 is 31.9 Å². The summed E-state index contributed by atoms with van der Waals surface area (Å²) in [6, 6.07) is 2.50. The van der Waals surface area contributed by atoms with Crippen molar-refractivity contribution < 1.29 is 31.1 Å². The van der Waals surface area contributed by atoms with Gasteiger partial charge in [0.15, 0.2) is 0 Å². The number of esters is 1. The smallest absolute Gasteiger partial charge is 0.393 e. The van der Waals surface area contributed by atoms with E-state index in [-0.39, 0.29) is 34.4 Å². The van der Waals surface area contributed by atoms with Crippen LogP contribution in [0.25, 0.3) is 0 Å². The Hall–Kier alpha value is -1.13. The summed E-state index contributed by atoms with van der Waals surface area (Å²) in [4.78, 5) is 11.5. The molecule has 1 aromatic rings. The summed E-state index contributed by atoms with van der Waals surface area (Å²) >= 11 is 3.07. The molecule has 0 spiro atoms. The average molecular weight is 458 g/mol. The van der Waals surface area contributed by atoms with Crippen molar-refractivity contribution in [1.82, 2.24) is 4.72 Å². The van der Waals surface area contributed by atoms with Crippen LogP contribution < -0.4 is 4.72 Å². The minimum atomic E-state index is -4.46. The highest BCUT2D eigenvalue weighted by Gasteiger charge is 2.46. The fourth-order valence-electron chi connectivity index (χ4n) is 2.99. The maximum absolute atomic E-state index is 13.2. The molecule has 0 radical (unpaired) electrons. The summed E-state index contributed by atoms with van der Waals surface area (Å²) in [6.45, 7) is 1.80. The van der Waals surface area contributed by atoms with Crippen molar-refractivity contribution in [3.63, 3.8) is 0 Å². The summed E-state index contributed by atoms with van der Waals surface area (Å²) in [5, 5.41) is 0. The molecule has 1 fully saturated rings. The molecule has 5 nitrogen and oxygen atoms in total. The van der Waals surface area contributed by atoms with Gasteiger partial charge >= 0.3 is 12.1 Å². The highest BCUT2D eigenvalue weighted by molar-refractivity contribution is 9.10. The van der Waals surface area contributed by atoms with Crippen LogP contribution in [0.3, 0.4) is 0 Å². The van der Waals surface area contributed by atoms with Crippen LogP contribution in [-0.2, 0) is 14.8 Å². The standard InChI is InChI=1S/C16H19BrF3NO4S/c1-2-25-15(22)10-7-8-14(12(17)9-10)26(23,24)21-13-6-4-3-5-11(13)16(18,19)20/h7-9,11,13,21H,2-6H2,1H3. The number of nitrogens with one attached hydrogen (secondary N) is 1. The van der Waals surface area contributed by atoms with Crippen LogP contribution >= 0.6 is 15.9 Å². The van der Waals surface area contributed by atoms with Crippen molar-refractivity contribution in [3.8, 4) is 0 Å². The number of alkyl halides is 3. The van der Waals surface area contributed by atoms with Gasteiger partial charge in [0.05, 0.1) is 23.0 Å². The van der Waals surface area contributed by atoms with Crippen LogP contribution in [0.5, 0.6) is 0 Å². The molecule has 1 aliphatic carbocycles. The van der Waals surface area contributed by atoms with Gasteiger partial charge in [0.1, 0.15) is 0 Å². The second-order valence-corrected chi connectivity index (χ2v) is 8.56. The summed E-state index contributed by atoms with van der Waals surface area (Å²) < 4.78 is 71.8. The molecular formula is C16H19BrF3NO4S. The predicted octanol–water partition coefficient (Wildman–Crippen LogP) is 4.03. The average Bonchev–Trinajstić information content (AvgIpc) is 2.53. The van der Waals surface area contributed by atoms with E-state index in [9.17, 15) is 26.4 Å². The van der Waals surface area contributed by atoms with Gasteiger partial charge in [-0.25, -0.2) is 17.9 Å². The Balaban J connectivity index is 2.25. The third-order valence-corrected chi connectivity index (χ3v) is 6.69. The van der Waals surface area contributed by atoms with E-state index >= 15 is 0 Å². The van der Waals surface area contributed by atoms with Gasteiger partial charge in [-0.2, -0.15) is 13.2 Å². The monoisotopic (exact) mass is 457 g/mol. The third-order valence-electron chi connectivity index (χ3n) is 4.23. The molecular weight excluding hydrogens is 439 g/mol. The minimum absolute atomic E-state index is 0.0786. The largest absolute Gasteiger partial charge is 0.462 e. The van der Waals surface area contributed by atoms with Crippen LogP contribution in [0.15, 0.2) is 27.6 Å². The lowest BCUT2D eigenvalue weighted by Crippen LogP contribution is -2.47. The maximum atomic E-state index is 13.2. The van der Waals surface area contributed by atoms with Crippen LogP contribution in [-0.4, -0.2) is 33.2 Å². The number of hydrogen-bond acceptors (Lipinski definition) is 4. The fourth-order valence-corrected chi connectivity index (χ4v) is 5.38. The zero-order chi connectivity index (χ0) is 19.5. The van der Waals surface area contributed by atoms with Crippen molar-refractivity contribution in [1.29, 1.82) is 0 Å². The van der Waals surface area contributed by atoms with Gasteiger partial charge in [0, 0.05) is 10.5 Å². The van der Waals surface area contributed by atoms with Crippen LogP contribution in [0, 0.1) is 5.92 Å². The molecule has 1 N–H and O–H groups in total. The number of carbonyl (C=O) groups excluding carboxylic acids is 1. The molecule has 10 heteroatoms. The molecule has 0 aromatic heterocycles. The molecule has 0 aliphatic heterocycles. The SMILES string of the molecule is CCOC(=O)c1ccc(S(=O)(=O)NC2CCCCC2C(F)(F)F)c(Br)c1. The van der Waals surface area contributed by atoms with E-state index in [2.05, 4.69) is 20.7 Å². The fraction of sp³-hybridized carbons (Fsp3) is 0.562. The highest BCUT2D eigenvalue weighted by atomic mass is 79.9. The Labute approximate surface area is 158 Å². The Bertz CT molecular complexity index is 767. The summed E-state index contributed by atoms with van der Waals surface area (Å²) in [6.07, 6.45) is -3.48. The lowest BCUT2D eigenvalue weighted by molar-refractivity contribution is -0.187. The van der Waals surface area contributed by atoms with Gasteiger partial charge < -0.3 is 4.74 Å². The first-order chi connectivity index (χ1) is 12.1. The van der Waals surface area contributed by atoms with Crippen LogP contribution in [0.2, 0.25) is 0 Å². The van der Waals surface area contributed by atoms with Gasteiger partial charge in [-0.05, 0) is 53.9 Å². The Morgan fingerprint density at radius 2 is 1.96 bits per heavy atom. The van der Waals surface area contributed by atoms with Gasteiger partial charge in [-0.15, -0.1) is 0 Å². The maximum Gasteiger partial charge on any atom is 0.393 e. The number of benzene rings is 1. The molecule has 1 aliphatic rings. The number of carbonyl (C=O) groups is 1. The van der Waals surface area contributed by atoms with Crippen LogP contribution in [0.4, 0.5) is 13.2 Å². The Morgan fingerprint density at radius 1 is 1.31 bits per heavy atom. The topological polar surface area (TPSA) is 72.5 Å². The molecule has 1 aromatic carbocycles. The molecule has 2 atom stereocenters. The van der Waals surface area contributed by atoms with Gasteiger partial charge in [0.25, 0.3) is 0 Å². The lowest BCUT2D eigenvalue weighted by atomic mass is 9.85. The molecule has 0 bridgehead atoms. The molecule has 2 rings (SSSR count). The second kappa shape index (κ2) is 8.26. The quantitative estimate of drug-likeness (QED) is 0.677. The van der Waals surface area contributed by atoms with E-state index in [0.29, 0.717) is 12.8 Å². The molecule has 1 saturated carbocycles. The zero-order valence-electron chi connectivity index (χ0n) is 14.0. The van der Waals surface area contributed by atoms with E-state index in [1.54, 1.807) is 6.92 Å². The molecule has 146 valence electrons. The van der Waals surface area contributed by atoms with E-state index in [4.69, 9.17) is 4.74 Å². The first-order valence-corrected chi connectivity index (χ1v) is 10.4. The Kier molecular flexibility index (Phi) is 6.73. The van der Waals surface area contributed by atoms with Crippen molar-refractivity contribution in [2.45, 2.75) is 49.7 Å². The summed E-state index contributed by atoms with van der Waals surface area (Å²) in [5.74, 6) is -2.32. The second-order valence-electron chi connectivity index (χ2n) is 6.03. The van der Waals surface area contributed by atoms with Crippen LogP contribution in [0.1, 0.15) is 43.0 Å². The molecule has 0 saturated heterocycles. The van der Waals surface area contributed by atoms with E-state index in [0.717, 1.165) is 0 Å². The van der Waals surface area contributed by atoms with E-state index in [1.165, 1.54) is 18.2 Å². The first kappa shape index (κ1) is 21.2. The number of hydrogen-bond donors (Lipinski definition) is 1. The van der Waals surface area contributed by atoms with Crippen molar-refractivity contribution in [2.24, 2.45) is 5.92 Å². The van der Waals surface area contributed by atoms with Crippen molar-refractivity contribution in [3.05, 3.63) is 28.2 Å². The zero-order valence-corrected chi connectivity index (χ0v) is 16.4. The first-order valence-electron chi connectivity index (χ1n) is 8.12. The summed E-state index contributed by atoms with van der Waals surface area (Å²) in [5.41, 5.74) is 0.142. The number of sulfonamides is 1.